The van der Waals surface area contributed by atoms with E-state index in [0.29, 0.717) is 22.6 Å². The van der Waals surface area contributed by atoms with Crippen LogP contribution in [0.1, 0.15) is 22.3 Å². The van der Waals surface area contributed by atoms with E-state index in [1.165, 1.54) is 30.3 Å². The van der Waals surface area contributed by atoms with Gasteiger partial charge in [0.2, 0.25) is 0 Å². The Labute approximate surface area is 202 Å². The minimum atomic E-state index is -0.555. The van der Waals surface area contributed by atoms with Crippen LogP contribution in [0, 0.1) is 19.7 Å². The van der Waals surface area contributed by atoms with Crippen molar-refractivity contribution in [2.75, 3.05) is 11.9 Å². The molecule has 1 aliphatic heterocycles. The Bertz CT molecular complexity index is 1320. The van der Waals surface area contributed by atoms with E-state index in [-0.39, 0.29) is 24.8 Å². The van der Waals surface area contributed by atoms with Crippen LogP contribution < -0.4 is 15.4 Å². The maximum absolute atomic E-state index is 13.1. The van der Waals surface area contributed by atoms with Crippen molar-refractivity contribution in [1.29, 1.82) is 0 Å². The number of urea groups is 1. The maximum Gasteiger partial charge on any atom is 0.329 e. The van der Waals surface area contributed by atoms with Gasteiger partial charge in [-0.3, -0.25) is 14.5 Å². The molecule has 4 amide bonds. The lowest BCUT2D eigenvalue weighted by Gasteiger charge is -2.11. The lowest BCUT2D eigenvalue weighted by atomic mass is 10.1. The zero-order valence-corrected chi connectivity index (χ0v) is 19.3. The number of benzene rings is 3. The van der Waals surface area contributed by atoms with Crippen LogP contribution >= 0.6 is 0 Å². The number of imide groups is 1. The summed E-state index contributed by atoms with van der Waals surface area (Å²) in [6, 6.07) is 17.5. The van der Waals surface area contributed by atoms with Gasteiger partial charge < -0.3 is 15.4 Å². The van der Waals surface area contributed by atoms with Gasteiger partial charge in [0.25, 0.3) is 11.8 Å². The van der Waals surface area contributed by atoms with Crippen LogP contribution in [0.5, 0.6) is 5.75 Å². The Morgan fingerprint density at radius 3 is 2.54 bits per heavy atom. The van der Waals surface area contributed by atoms with Crippen LogP contribution in [0.2, 0.25) is 0 Å². The van der Waals surface area contributed by atoms with Gasteiger partial charge in [0.05, 0.1) is 6.54 Å². The maximum atomic E-state index is 13.1. The average molecular weight is 474 g/mol. The van der Waals surface area contributed by atoms with E-state index in [9.17, 15) is 18.8 Å². The molecule has 178 valence electrons. The number of carbonyl (C=O) groups excluding carboxylic acids is 3. The highest BCUT2D eigenvalue weighted by molar-refractivity contribution is 6.13. The molecule has 1 aliphatic rings. The van der Waals surface area contributed by atoms with Crippen LogP contribution in [0.4, 0.5) is 14.9 Å². The van der Waals surface area contributed by atoms with Gasteiger partial charge in [0.1, 0.15) is 17.3 Å². The Kier molecular flexibility index (Phi) is 6.91. The van der Waals surface area contributed by atoms with Gasteiger partial charge in [-0.1, -0.05) is 30.3 Å². The molecule has 7 nitrogen and oxygen atoms in total. The van der Waals surface area contributed by atoms with Crippen LogP contribution in [0.15, 0.2) is 72.4 Å². The SMILES string of the molecule is Cc1ccc(NC(=O)COc2cccc(/C=C3\NC(=O)N(Cc4ccc(F)cc4)C3=O)c2)cc1C. The number of halogens is 1. The third-order valence-corrected chi connectivity index (χ3v) is 5.55. The van der Waals surface area contributed by atoms with Crippen molar-refractivity contribution < 1.29 is 23.5 Å². The number of nitrogens with one attached hydrogen (secondary N) is 2. The number of nitrogens with zero attached hydrogens (tertiary/aromatic N) is 1. The average Bonchev–Trinajstić information content (AvgIpc) is 3.09. The number of aryl methyl sites for hydroxylation is 2. The Morgan fingerprint density at radius 1 is 1.03 bits per heavy atom. The molecule has 0 radical (unpaired) electrons. The smallest absolute Gasteiger partial charge is 0.329 e. The number of rotatable bonds is 7. The molecule has 8 heteroatoms. The van der Waals surface area contributed by atoms with Crippen LogP contribution in [0.3, 0.4) is 0 Å². The van der Waals surface area contributed by atoms with E-state index in [1.54, 1.807) is 24.3 Å². The van der Waals surface area contributed by atoms with Gasteiger partial charge in [0, 0.05) is 5.69 Å². The molecule has 0 saturated carbocycles. The second kappa shape index (κ2) is 10.2. The van der Waals surface area contributed by atoms with Crippen LogP contribution in [-0.2, 0) is 16.1 Å². The van der Waals surface area contributed by atoms with Gasteiger partial charge in [-0.15, -0.1) is 0 Å². The molecular weight excluding hydrogens is 449 g/mol. The lowest BCUT2D eigenvalue weighted by molar-refractivity contribution is -0.123. The summed E-state index contributed by atoms with van der Waals surface area (Å²) < 4.78 is 18.7. The summed E-state index contributed by atoms with van der Waals surface area (Å²) >= 11 is 0. The van der Waals surface area contributed by atoms with Crippen molar-refractivity contribution in [3.05, 3.63) is 100 Å². The van der Waals surface area contributed by atoms with Crippen molar-refractivity contribution in [1.82, 2.24) is 10.2 Å². The first kappa shape index (κ1) is 23.7. The van der Waals surface area contributed by atoms with Gasteiger partial charge in [-0.05, 0) is 78.6 Å². The molecule has 0 spiro atoms. The van der Waals surface area contributed by atoms with E-state index in [0.717, 1.165) is 16.0 Å². The van der Waals surface area contributed by atoms with E-state index >= 15 is 0 Å². The zero-order chi connectivity index (χ0) is 24.9. The fraction of sp³-hybridized carbons (Fsp3) is 0.148. The minimum absolute atomic E-state index is 0.0288. The zero-order valence-electron chi connectivity index (χ0n) is 19.3. The van der Waals surface area contributed by atoms with Crippen molar-refractivity contribution >= 4 is 29.6 Å². The molecule has 1 fully saturated rings. The molecule has 1 heterocycles. The molecule has 3 aromatic carbocycles. The molecule has 3 aromatic rings. The molecular formula is C27H24FN3O4. The van der Waals surface area contributed by atoms with Crippen molar-refractivity contribution in [2.45, 2.75) is 20.4 Å². The predicted octanol–water partition coefficient (Wildman–Crippen LogP) is 4.55. The van der Waals surface area contributed by atoms with Gasteiger partial charge >= 0.3 is 6.03 Å². The molecule has 2 N–H and O–H groups in total. The lowest BCUT2D eigenvalue weighted by Crippen LogP contribution is -2.30. The second-order valence-electron chi connectivity index (χ2n) is 8.21. The predicted molar refractivity (Wildman–Crippen MR) is 130 cm³/mol. The largest absolute Gasteiger partial charge is 0.484 e. The number of anilines is 1. The molecule has 0 bridgehead atoms. The normalized spacial score (nSPS) is 14.3. The van der Waals surface area contributed by atoms with Crippen molar-refractivity contribution in [3.63, 3.8) is 0 Å². The van der Waals surface area contributed by atoms with Crippen LogP contribution in [0.25, 0.3) is 6.08 Å². The highest BCUT2D eigenvalue weighted by atomic mass is 19.1. The Morgan fingerprint density at radius 2 is 1.80 bits per heavy atom. The number of hydrogen-bond acceptors (Lipinski definition) is 4. The summed E-state index contributed by atoms with van der Waals surface area (Å²) in [5.41, 5.74) is 4.27. The van der Waals surface area contributed by atoms with Gasteiger partial charge in [-0.2, -0.15) is 0 Å². The number of carbonyl (C=O) groups is 3. The first-order chi connectivity index (χ1) is 16.8. The Hall–Kier alpha value is -4.46. The first-order valence-corrected chi connectivity index (χ1v) is 11.0. The van der Waals surface area contributed by atoms with E-state index in [4.69, 9.17) is 4.74 Å². The van der Waals surface area contributed by atoms with Crippen LogP contribution in [-0.4, -0.2) is 29.4 Å². The topological polar surface area (TPSA) is 87.7 Å². The molecule has 0 atom stereocenters. The Balaban J connectivity index is 1.38. The van der Waals surface area contributed by atoms with E-state index < -0.39 is 17.8 Å². The third kappa shape index (κ3) is 5.92. The standard InChI is InChI=1S/C27H24FN3O4/c1-17-6-11-22(12-18(17)2)29-25(32)16-35-23-5-3-4-20(13-23)14-24-26(33)31(27(34)30-24)15-19-7-9-21(28)10-8-19/h3-14H,15-16H2,1-2H3,(H,29,32)(H,30,34)/b24-14-. The van der Waals surface area contributed by atoms with Gasteiger partial charge in [-0.25, -0.2) is 9.18 Å². The number of amides is 4. The monoisotopic (exact) mass is 473 g/mol. The molecule has 0 unspecified atom stereocenters. The molecule has 1 saturated heterocycles. The molecule has 4 rings (SSSR count). The fourth-order valence-electron chi connectivity index (χ4n) is 3.51. The van der Waals surface area contributed by atoms with E-state index in [2.05, 4.69) is 10.6 Å². The second-order valence-corrected chi connectivity index (χ2v) is 8.21. The number of ether oxygens (including phenoxy) is 1. The summed E-state index contributed by atoms with van der Waals surface area (Å²) in [5, 5.41) is 5.36. The third-order valence-electron chi connectivity index (χ3n) is 5.55. The minimum Gasteiger partial charge on any atom is -0.484 e. The number of hydrogen-bond donors (Lipinski definition) is 2. The van der Waals surface area contributed by atoms with Crippen molar-refractivity contribution in [2.24, 2.45) is 0 Å². The highest BCUT2D eigenvalue weighted by Crippen LogP contribution is 2.20. The summed E-state index contributed by atoms with van der Waals surface area (Å²) in [5.74, 6) is -0.740. The van der Waals surface area contributed by atoms with E-state index in [1.807, 2.05) is 32.0 Å². The highest BCUT2D eigenvalue weighted by Gasteiger charge is 2.33. The summed E-state index contributed by atoms with van der Waals surface area (Å²) in [4.78, 5) is 38.3. The quantitative estimate of drug-likeness (QED) is 0.389. The summed E-state index contributed by atoms with van der Waals surface area (Å²) in [7, 11) is 0. The fourth-order valence-corrected chi connectivity index (χ4v) is 3.51. The van der Waals surface area contributed by atoms with Gasteiger partial charge in [0.15, 0.2) is 6.61 Å². The summed E-state index contributed by atoms with van der Waals surface area (Å²) in [6.07, 6.45) is 1.53. The molecule has 0 aliphatic carbocycles. The summed E-state index contributed by atoms with van der Waals surface area (Å²) in [6.45, 7) is 3.82. The van der Waals surface area contributed by atoms with Crippen molar-refractivity contribution in [3.8, 4) is 5.75 Å². The molecule has 35 heavy (non-hydrogen) atoms. The first-order valence-electron chi connectivity index (χ1n) is 11.0. The molecule has 0 aromatic heterocycles.